The van der Waals surface area contributed by atoms with Gasteiger partial charge in [-0.3, -0.25) is 0 Å². The lowest BCUT2D eigenvalue weighted by Crippen LogP contribution is -2.63. The summed E-state index contributed by atoms with van der Waals surface area (Å²) in [5, 5.41) is -7.05. The number of nitrogens with zero attached hydrogens (tertiary/aromatic N) is 1. The quantitative estimate of drug-likeness (QED) is 0.298. The minimum absolute atomic E-state index is 0.0997. The first-order chi connectivity index (χ1) is 14.3. The van der Waals surface area contributed by atoms with Crippen LogP contribution in [0.3, 0.4) is 0 Å². The first-order valence-electron chi connectivity index (χ1n) is 8.36. The highest BCUT2D eigenvalue weighted by Gasteiger charge is 2.85. The largest absolute Gasteiger partial charge is 0.462 e. The highest BCUT2D eigenvalue weighted by Crippen LogP contribution is 2.55. The van der Waals surface area contributed by atoms with E-state index in [9.17, 15) is 52.7 Å². The highest BCUT2D eigenvalue weighted by molar-refractivity contribution is 7.97. The van der Waals surface area contributed by atoms with E-state index in [0.717, 1.165) is 19.1 Å². The topological polar surface area (TPSA) is 63.7 Å². The summed E-state index contributed by atoms with van der Waals surface area (Å²) >= 11 is 0. The molecule has 0 aromatic heterocycles. The molecule has 0 aliphatic heterocycles. The predicted octanol–water partition coefficient (Wildman–Crippen LogP) is 4.50. The van der Waals surface area contributed by atoms with Gasteiger partial charge in [0, 0.05) is 19.8 Å². The smallest absolute Gasteiger partial charge is 0.460 e. The van der Waals surface area contributed by atoms with Gasteiger partial charge >= 0.3 is 29.2 Å². The van der Waals surface area contributed by atoms with Gasteiger partial charge in [-0.25, -0.2) is 13.2 Å². The van der Waals surface area contributed by atoms with Crippen molar-refractivity contribution in [1.82, 2.24) is 0 Å². The zero-order chi connectivity index (χ0) is 25.3. The maximum atomic E-state index is 14.2. The zero-order valence-electron chi connectivity index (χ0n) is 16.5. The molecular weight excluding hydrogens is 485 g/mol. The third-order valence-corrected chi connectivity index (χ3v) is 5.72. The van der Waals surface area contributed by atoms with Gasteiger partial charge in [0.1, 0.15) is 0 Å². The fourth-order valence-corrected chi connectivity index (χ4v) is 3.45. The molecule has 0 heterocycles. The van der Waals surface area contributed by atoms with Crippen molar-refractivity contribution in [3.05, 3.63) is 34.7 Å². The summed E-state index contributed by atoms with van der Waals surface area (Å²) in [5.74, 6) is -17.1. The van der Waals surface area contributed by atoms with E-state index >= 15 is 0 Å². The second-order valence-corrected chi connectivity index (χ2v) is 8.34. The Balaban J connectivity index is 3.73. The Kier molecular flexibility index (Phi) is 7.61. The van der Waals surface area contributed by atoms with Gasteiger partial charge in [0.2, 0.25) is 0 Å². The second kappa shape index (κ2) is 8.83. The normalized spacial score (nSPS) is 14.3. The Morgan fingerprint density at radius 1 is 0.938 bits per heavy atom. The molecule has 0 saturated heterocycles. The van der Waals surface area contributed by atoms with E-state index in [0.29, 0.717) is 5.69 Å². The number of alkyl halides is 9. The van der Waals surface area contributed by atoms with Crippen molar-refractivity contribution in [2.75, 3.05) is 25.6 Å². The molecule has 0 aliphatic carbocycles. The van der Waals surface area contributed by atoms with Gasteiger partial charge in [0.15, 0.2) is 4.91 Å². The number of hydrogen-bond donors (Lipinski definition) is 0. The molecule has 182 valence electrons. The van der Waals surface area contributed by atoms with Crippen molar-refractivity contribution in [1.29, 1.82) is 0 Å². The lowest BCUT2D eigenvalue weighted by molar-refractivity contribution is -0.382. The molecule has 0 radical (unpaired) electrons. The molecule has 1 rings (SSSR count). The average molecular weight is 501 g/mol. The van der Waals surface area contributed by atoms with Gasteiger partial charge in [-0.15, -0.1) is 0 Å². The van der Waals surface area contributed by atoms with Crippen LogP contribution in [0.2, 0.25) is 0 Å². The van der Waals surface area contributed by atoms with E-state index in [1.165, 1.54) is 12.1 Å². The first-order valence-corrected chi connectivity index (χ1v) is 9.85. The summed E-state index contributed by atoms with van der Waals surface area (Å²) in [6, 6.07) is 4.66. The summed E-state index contributed by atoms with van der Waals surface area (Å²) in [7, 11) is -3.96. The van der Waals surface area contributed by atoms with Crippen LogP contribution in [0.25, 0.3) is 6.08 Å². The molecule has 0 N–H and O–H groups in total. The number of esters is 1. The minimum Gasteiger partial charge on any atom is -0.462 e. The van der Waals surface area contributed by atoms with Crippen LogP contribution >= 0.6 is 0 Å². The fraction of sp³-hybridized carbons (Fsp3) is 0.471. The summed E-state index contributed by atoms with van der Waals surface area (Å²) < 4.78 is 147. The Labute approximate surface area is 176 Å². The Morgan fingerprint density at radius 3 is 1.78 bits per heavy atom. The number of anilines is 1. The standard InChI is InChI=1S/C17H16F9NO4S/c1-4-31-13(28)12(9-10-5-7-11(8-6-10)27(2)3)32(29,30)17(25,26)15(20,21)14(18,19)16(22,23)24/h5-9H,4H2,1-3H3/b12-9-. The molecule has 32 heavy (non-hydrogen) atoms. The third kappa shape index (κ3) is 4.66. The number of rotatable bonds is 8. The second-order valence-electron chi connectivity index (χ2n) is 6.38. The Morgan fingerprint density at radius 2 is 1.41 bits per heavy atom. The van der Waals surface area contributed by atoms with Gasteiger partial charge in [0.05, 0.1) is 6.61 Å². The summed E-state index contributed by atoms with van der Waals surface area (Å²) in [6.07, 6.45) is -7.13. The molecule has 15 heteroatoms. The maximum Gasteiger partial charge on any atom is 0.460 e. The molecule has 0 saturated carbocycles. The molecule has 5 nitrogen and oxygen atoms in total. The van der Waals surface area contributed by atoms with Crippen molar-refractivity contribution in [3.8, 4) is 0 Å². The number of halogens is 9. The zero-order valence-corrected chi connectivity index (χ0v) is 17.3. The van der Waals surface area contributed by atoms with Crippen molar-refractivity contribution in [3.63, 3.8) is 0 Å². The van der Waals surface area contributed by atoms with Gasteiger partial charge in [-0.2, -0.15) is 39.5 Å². The number of hydrogen-bond acceptors (Lipinski definition) is 5. The molecule has 1 aromatic carbocycles. The van der Waals surface area contributed by atoms with E-state index in [-0.39, 0.29) is 11.6 Å². The van der Waals surface area contributed by atoms with Crippen molar-refractivity contribution in [2.24, 2.45) is 0 Å². The van der Waals surface area contributed by atoms with Gasteiger partial charge in [0.25, 0.3) is 9.84 Å². The molecule has 0 atom stereocenters. The van der Waals surface area contributed by atoms with Gasteiger partial charge < -0.3 is 9.64 Å². The Bertz CT molecular complexity index is 969. The van der Waals surface area contributed by atoms with E-state index in [4.69, 9.17) is 0 Å². The van der Waals surface area contributed by atoms with Crippen LogP contribution in [0.1, 0.15) is 12.5 Å². The summed E-state index contributed by atoms with van der Waals surface area (Å²) in [4.78, 5) is 11.2. The maximum absolute atomic E-state index is 14.2. The Hall–Kier alpha value is -2.45. The number of carbonyl (C=O) groups excluding carboxylic acids is 1. The summed E-state index contributed by atoms with van der Waals surface area (Å²) in [5.41, 5.74) is 0.133. The van der Waals surface area contributed by atoms with E-state index in [1.54, 1.807) is 19.0 Å². The van der Waals surface area contributed by atoms with E-state index in [2.05, 4.69) is 4.74 Å². The highest BCUT2D eigenvalue weighted by atomic mass is 32.2. The van der Waals surface area contributed by atoms with Crippen LogP contribution in [0.4, 0.5) is 45.2 Å². The van der Waals surface area contributed by atoms with Crippen LogP contribution in [-0.4, -0.2) is 58.4 Å². The molecule has 1 aromatic rings. The van der Waals surface area contributed by atoms with E-state index < -0.39 is 50.6 Å². The molecule has 0 aliphatic rings. The third-order valence-electron chi connectivity index (χ3n) is 3.93. The molecule has 0 unspecified atom stereocenters. The number of sulfone groups is 1. The minimum atomic E-state index is -7.47. The number of carbonyl (C=O) groups is 1. The molecule has 0 fully saturated rings. The SMILES string of the molecule is CCOC(=O)/C(=C/c1ccc(N(C)C)cc1)S(=O)(=O)C(F)(F)C(F)(F)C(F)(F)C(F)(F)F. The molecule has 0 amide bonds. The van der Waals surface area contributed by atoms with Crippen LogP contribution in [0, 0.1) is 0 Å². The van der Waals surface area contributed by atoms with E-state index in [1.807, 2.05) is 0 Å². The molecular formula is C17H16F9NO4S. The number of benzene rings is 1. The lowest BCUT2D eigenvalue weighted by atomic mass is 10.1. The first kappa shape index (κ1) is 27.6. The van der Waals surface area contributed by atoms with Crippen LogP contribution < -0.4 is 4.90 Å². The molecule has 0 spiro atoms. The predicted molar refractivity (Wildman–Crippen MR) is 95.2 cm³/mol. The summed E-state index contributed by atoms with van der Waals surface area (Å²) in [6.45, 7) is 0.407. The lowest BCUT2D eigenvalue weighted by Gasteiger charge is -2.33. The fourth-order valence-electron chi connectivity index (χ4n) is 2.14. The van der Waals surface area contributed by atoms with Crippen LogP contribution in [0.15, 0.2) is 29.2 Å². The van der Waals surface area contributed by atoms with Crippen LogP contribution in [-0.2, 0) is 19.4 Å². The van der Waals surface area contributed by atoms with Crippen molar-refractivity contribution < 1.29 is 57.5 Å². The van der Waals surface area contributed by atoms with Gasteiger partial charge in [-0.1, -0.05) is 12.1 Å². The van der Waals surface area contributed by atoms with Crippen molar-refractivity contribution in [2.45, 2.75) is 30.2 Å². The molecule has 0 bridgehead atoms. The average Bonchev–Trinajstić information content (AvgIpc) is 2.65. The van der Waals surface area contributed by atoms with Gasteiger partial charge in [-0.05, 0) is 30.7 Å². The van der Waals surface area contributed by atoms with Crippen molar-refractivity contribution >= 4 is 27.6 Å². The monoisotopic (exact) mass is 501 g/mol. The van der Waals surface area contributed by atoms with Crippen LogP contribution in [0.5, 0.6) is 0 Å². The number of ether oxygens (including phenoxy) is 1.